The summed E-state index contributed by atoms with van der Waals surface area (Å²) in [6.45, 7) is 1.84. The van der Waals surface area contributed by atoms with Crippen molar-refractivity contribution in [3.63, 3.8) is 0 Å². The molecule has 1 N–H and O–H groups in total. The topological polar surface area (TPSA) is 113 Å². The SMILES string of the molecule is CCOC(=O)COc1ccc(NC(=O)c2cc3nccc(-c4ccc(OC)c(OC)c4)n3n2)cc1. The molecule has 180 valence electrons. The van der Waals surface area contributed by atoms with Gasteiger partial charge in [-0.2, -0.15) is 5.10 Å². The van der Waals surface area contributed by atoms with Gasteiger partial charge in [-0.3, -0.25) is 4.79 Å². The van der Waals surface area contributed by atoms with E-state index in [9.17, 15) is 9.59 Å². The zero-order chi connectivity index (χ0) is 24.8. The van der Waals surface area contributed by atoms with Crippen LogP contribution in [-0.2, 0) is 9.53 Å². The van der Waals surface area contributed by atoms with E-state index in [2.05, 4.69) is 15.4 Å². The minimum Gasteiger partial charge on any atom is -0.493 e. The lowest BCUT2D eigenvalue weighted by Gasteiger charge is -2.10. The van der Waals surface area contributed by atoms with Crippen LogP contribution >= 0.6 is 0 Å². The molecule has 0 unspecified atom stereocenters. The van der Waals surface area contributed by atoms with E-state index in [1.165, 1.54) is 0 Å². The standard InChI is InChI=1S/C25H24N4O6/c1-4-34-24(30)15-35-18-8-6-17(7-9-18)27-25(31)19-14-23-26-12-11-20(29(23)28-19)16-5-10-21(32-2)22(13-16)33-3/h5-14H,4,15H2,1-3H3,(H,27,31). The minimum absolute atomic E-state index is 0.184. The van der Waals surface area contributed by atoms with E-state index in [-0.39, 0.29) is 12.3 Å². The van der Waals surface area contributed by atoms with E-state index in [0.29, 0.717) is 35.2 Å². The number of carbonyl (C=O) groups is 2. The third-order valence-corrected chi connectivity index (χ3v) is 5.04. The van der Waals surface area contributed by atoms with Gasteiger partial charge in [0.25, 0.3) is 5.91 Å². The van der Waals surface area contributed by atoms with Gasteiger partial charge >= 0.3 is 5.97 Å². The van der Waals surface area contributed by atoms with Crippen molar-refractivity contribution in [2.24, 2.45) is 0 Å². The van der Waals surface area contributed by atoms with Crippen LogP contribution in [0.2, 0.25) is 0 Å². The van der Waals surface area contributed by atoms with E-state index in [4.69, 9.17) is 18.9 Å². The fraction of sp³-hybridized carbons (Fsp3) is 0.200. The first-order valence-corrected chi connectivity index (χ1v) is 10.8. The maximum absolute atomic E-state index is 12.8. The highest BCUT2D eigenvalue weighted by molar-refractivity contribution is 6.03. The van der Waals surface area contributed by atoms with Crippen molar-refractivity contribution in [1.29, 1.82) is 0 Å². The van der Waals surface area contributed by atoms with Crippen LogP contribution in [0.15, 0.2) is 60.8 Å². The Labute approximate surface area is 201 Å². The maximum Gasteiger partial charge on any atom is 0.344 e. The molecule has 0 saturated carbocycles. The number of methoxy groups -OCH3 is 2. The summed E-state index contributed by atoms with van der Waals surface area (Å²) >= 11 is 0. The predicted molar refractivity (Wildman–Crippen MR) is 128 cm³/mol. The van der Waals surface area contributed by atoms with Crippen LogP contribution in [0.3, 0.4) is 0 Å². The molecule has 4 aromatic rings. The molecule has 0 radical (unpaired) electrons. The fourth-order valence-corrected chi connectivity index (χ4v) is 3.39. The molecule has 10 nitrogen and oxygen atoms in total. The lowest BCUT2D eigenvalue weighted by molar-refractivity contribution is -0.145. The van der Waals surface area contributed by atoms with Crippen LogP contribution in [0.25, 0.3) is 16.9 Å². The molecule has 0 fully saturated rings. The lowest BCUT2D eigenvalue weighted by atomic mass is 10.1. The Morgan fingerprint density at radius 3 is 2.46 bits per heavy atom. The van der Waals surface area contributed by atoms with Crippen molar-refractivity contribution in [3.8, 4) is 28.5 Å². The van der Waals surface area contributed by atoms with Gasteiger partial charge in [-0.15, -0.1) is 0 Å². The molecular formula is C25H24N4O6. The minimum atomic E-state index is -0.446. The molecule has 0 aliphatic heterocycles. The Balaban J connectivity index is 1.51. The van der Waals surface area contributed by atoms with Crippen LogP contribution in [0.5, 0.6) is 17.2 Å². The first-order chi connectivity index (χ1) is 17.0. The number of fused-ring (bicyclic) bond motifs is 1. The molecule has 0 atom stereocenters. The van der Waals surface area contributed by atoms with Crippen molar-refractivity contribution in [2.75, 3.05) is 32.8 Å². The fourth-order valence-electron chi connectivity index (χ4n) is 3.39. The Hall–Kier alpha value is -4.60. The van der Waals surface area contributed by atoms with Crippen LogP contribution in [0.4, 0.5) is 5.69 Å². The van der Waals surface area contributed by atoms with E-state index in [1.807, 2.05) is 12.1 Å². The van der Waals surface area contributed by atoms with Crippen LogP contribution in [0, 0.1) is 0 Å². The predicted octanol–water partition coefficient (Wildman–Crippen LogP) is 3.61. The molecule has 0 bridgehead atoms. The van der Waals surface area contributed by atoms with Gasteiger partial charge in [0.2, 0.25) is 0 Å². The number of esters is 1. The summed E-state index contributed by atoms with van der Waals surface area (Å²) in [6.07, 6.45) is 1.65. The Kier molecular flexibility index (Phi) is 7.10. The maximum atomic E-state index is 12.8. The van der Waals surface area contributed by atoms with Crippen molar-refractivity contribution in [3.05, 3.63) is 66.5 Å². The van der Waals surface area contributed by atoms with Gasteiger partial charge in [-0.05, 0) is 55.5 Å². The number of hydrogen-bond donors (Lipinski definition) is 1. The molecule has 35 heavy (non-hydrogen) atoms. The molecule has 0 aliphatic carbocycles. The number of rotatable bonds is 9. The van der Waals surface area contributed by atoms with Gasteiger partial charge in [0.1, 0.15) is 5.75 Å². The molecule has 0 saturated heterocycles. The number of anilines is 1. The Morgan fingerprint density at radius 1 is 0.971 bits per heavy atom. The lowest BCUT2D eigenvalue weighted by Crippen LogP contribution is -2.15. The number of nitrogens with one attached hydrogen (secondary N) is 1. The Bertz CT molecular complexity index is 1350. The van der Waals surface area contributed by atoms with Crippen molar-refractivity contribution >= 4 is 23.2 Å². The van der Waals surface area contributed by atoms with E-state index in [0.717, 1.165) is 11.3 Å². The number of carbonyl (C=O) groups excluding carboxylic acids is 2. The highest BCUT2D eigenvalue weighted by Crippen LogP contribution is 2.32. The quantitative estimate of drug-likeness (QED) is 0.365. The number of nitrogens with zero attached hydrogens (tertiary/aromatic N) is 3. The van der Waals surface area contributed by atoms with Crippen molar-refractivity contribution < 1.29 is 28.5 Å². The van der Waals surface area contributed by atoms with Crippen LogP contribution in [-0.4, -0.2) is 53.9 Å². The summed E-state index contributed by atoms with van der Waals surface area (Å²) in [4.78, 5) is 28.6. The van der Waals surface area contributed by atoms with Gasteiger partial charge in [0.15, 0.2) is 29.4 Å². The molecule has 2 aromatic heterocycles. The number of benzene rings is 2. The second-order valence-electron chi connectivity index (χ2n) is 7.27. The van der Waals surface area contributed by atoms with E-state index < -0.39 is 11.9 Å². The molecule has 0 aliphatic rings. The summed E-state index contributed by atoms with van der Waals surface area (Å²) in [6, 6.07) is 15.6. The first-order valence-electron chi connectivity index (χ1n) is 10.8. The van der Waals surface area contributed by atoms with E-state index in [1.54, 1.807) is 74.3 Å². The monoisotopic (exact) mass is 476 g/mol. The summed E-state index contributed by atoms with van der Waals surface area (Å²) < 4.78 is 22.5. The molecule has 2 aromatic carbocycles. The average Bonchev–Trinajstić information content (AvgIpc) is 3.33. The zero-order valence-corrected chi connectivity index (χ0v) is 19.5. The summed E-state index contributed by atoms with van der Waals surface area (Å²) in [5.41, 5.74) is 2.82. The largest absolute Gasteiger partial charge is 0.493 e. The molecule has 4 rings (SSSR count). The Morgan fingerprint density at radius 2 is 1.74 bits per heavy atom. The van der Waals surface area contributed by atoms with Gasteiger partial charge in [-0.1, -0.05) is 0 Å². The number of amides is 1. The summed E-state index contributed by atoms with van der Waals surface area (Å²) in [5, 5.41) is 7.26. The number of hydrogen-bond acceptors (Lipinski definition) is 8. The average molecular weight is 476 g/mol. The highest BCUT2D eigenvalue weighted by Gasteiger charge is 2.16. The molecule has 10 heteroatoms. The summed E-state index contributed by atoms with van der Waals surface area (Å²) in [7, 11) is 3.14. The third-order valence-electron chi connectivity index (χ3n) is 5.04. The van der Waals surface area contributed by atoms with Gasteiger partial charge in [0, 0.05) is 23.5 Å². The normalized spacial score (nSPS) is 10.6. The number of aromatic nitrogens is 3. The molecule has 2 heterocycles. The smallest absolute Gasteiger partial charge is 0.344 e. The molecular weight excluding hydrogens is 452 g/mol. The van der Waals surface area contributed by atoms with Gasteiger partial charge in [-0.25, -0.2) is 14.3 Å². The second-order valence-corrected chi connectivity index (χ2v) is 7.27. The second kappa shape index (κ2) is 10.6. The zero-order valence-electron chi connectivity index (χ0n) is 19.5. The molecule has 0 spiro atoms. The first kappa shape index (κ1) is 23.6. The van der Waals surface area contributed by atoms with Crippen LogP contribution in [0.1, 0.15) is 17.4 Å². The van der Waals surface area contributed by atoms with Crippen molar-refractivity contribution in [1.82, 2.24) is 14.6 Å². The third kappa shape index (κ3) is 5.32. The van der Waals surface area contributed by atoms with Crippen molar-refractivity contribution in [2.45, 2.75) is 6.92 Å². The highest BCUT2D eigenvalue weighted by atomic mass is 16.6. The van der Waals surface area contributed by atoms with E-state index >= 15 is 0 Å². The summed E-state index contributed by atoms with van der Waals surface area (Å²) in [5.74, 6) is 0.827. The van der Waals surface area contributed by atoms with Crippen LogP contribution < -0.4 is 19.5 Å². The molecule has 1 amide bonds. The van der Waals surface area contributed by atoms with Gasteiger partial charge in [0.05, 0.1) is 26.5 Å². The van der Waals surface area contributed by atoms with Gasteiger partial charge < -0.3 is 24.3 Å². The number of ether oxygens (including phenoxy) is 4.